The lowest BCUT2D eigenvalue weighted by molar-refractivity contribution is 0.0592. The lowest BCUT2D eigenvalue weighted by atomic mass is 10.1. The number of nitrogens with zero attached hydrogens (tertiary/aromatic N) is 3. The molecule has 21 heavy (non-hydrogen) atoms. The van der Waals surface area contributed by atoms with Crippen molar-refractivity contribution in [2.24, 2.45) is 0 Å². The molecule has 5 nitrogen and oxygen atoms in total. The van der Waals surface area contributed by atoms with Gasteiger partial charge in [0.1, 0.15) is 11.3 Å². The Labute approximate surface area is 124 Å². The predicted molar refractivity (Wildman–Crippen MR) is 80.3 cm³/mol. The van der Waals surface area contributed by atoms with E-state index in [1.54, 1.807) is 6.07 Å². The molecule has 3 rings (SSSR count). The van der Waals surface area contributed by atoms with Crippen LogP contribution in [0.1, 0.15) is 48.9 Å². The second kappa shape index (κ2) is 5.48. The standard InChI is InChI=1S/C16H21N3O2/c1-11(2)18-9-5-7-13(18)12-10-19-14(16(20)21-3)6-4-8-15(19)17-12/h4,6,8,10-11,13H,5,7,9H2,1-3H3. The molecule has 0 amide bonds. The minimum atomic E-state index is -0.336. The summed E-state index contributed by atoms with van der Waals surface area (Å²) in [6.45, 7) is 5.54. The molecule has 0 saturated carbocycles. The van der Waals surface area contributed by atoms with Gasteiger partial charge in [0.2, 0.25) is 0 Å². The van der Waals surface area contributed by atoms with Crippen molar-refractivity contribution < 1.29 is 9.53 Å². The van der Waals surface area contributed by atoms with Crippen LogP contribution >= 0.6 is 0 Å². The lowest BCUT2D eigenvalue weighted by Crippen LogP contribution is -2.30. The Morgan fingerprint density at radius 3 is 2.95 bits per heavy atom. The number of likely N-dealkylation sites (tertiary alicyclic amines) is 1. The summed E-state index contributed by atoms with van der Waals surface area (Å²) in [7, 11) is 1.40. The second-order valence-electron chi connectivity index (χ2n) is 5.79. The summed E-state index contributed by atoms with van der Waals surface area (Å²) in [6.07, 6.45) is 4.29. The average Bonchev–Trinajstić information content (AvgIpc) is 3.11. The SMILES string of the molecule is COC(=O)c1cccc2nc(C3CCCN3C(C)C)cn12. The molecule has 1 aliphatic rings. The van der Waals surface area contributed by atoms with Gasteiger partial charge in [0.05, 0.1) is 18.8 Å². The number of imidazole rings is 1. The molecule has 1 saturated heterocycles. The van der Waals surface area contributed by atoms with Gasteiger partial charge in [-0.15, -0.1) is 0 Å². The molecular formula is C16H21N3O2. The molecule has 5 heteroatoms. The molecule has 0 bridgehead atoms. The van der Waals surface area contributed by atoms with Crippen LogP contribution in [0.15, 0.2) is 24.4 Å². The first-order valence-electron chi connectivity index (χ1n) is 7.44. The third kappa shape index (κ3) is 2.42. The Kier molecular flexibility index (Phi) is 3.68. The number of hydrogen-bond acceptors (Lipinski definition) is 4. The smallest absolute Gasteiger partial charge is 0.355 e. The first kappa shape index (κ1) is 14.1. The number of aromatic nitrogens is 2. The minimum absolute atomic E-state index is 0.336. The van der Waals surface area contributed by atoms with Crippen LogP contribution in [0.25, 0.3) is 5.65 Å². The Morgan fingerprint density at radius 1 is 1.43 bits per heavy atom. The first-order chi connectivity index (χ1) is 10.1. The summed E-state index contributed by atoms with van der Waals surface area (Å²) in [5, 5.41) is 0. The fourth-order valence-corrected chi connectivity index (χ4v) is 3.19. The first-order valence-corrected chi connectivity index (χ1v) is 7.44. The number of rotatable bonds is 3. The van der Waals surface area contributed by atoms with Gasteiger partial charge in [-0.05, 0) is 45.4 Å². The molecule has 2 aromatic heterocycles. The van der Waals surface area contributed by atoms with Gasteiger partial charge in [-0.1, -0.05) is 6.07 Å². The Hall–Kier alpha value is -1.88. The van der Waals surface area contributed by atoms with Gasteiger partial charge in [0, 0.05) is 12.2 Å². The second-order valence-corrected chi connectivity index (χ2v) is 5.79. The van der Waals surface area contributed by atoms with Crippen LogP contribution in [0.3, 0.4) is 0 Å². The van der Waals surface area contributed by atoms with Gasteiger partial charge in [-0.2, -0.15) is 0 Å². The minimum Gasteiger partial charge on any atom is -0.464 e. The molecule has 0 radical (unpaired) electrons. The van der Waals surface area contributed by atoms with E-state index in [1.807, 2.05) is 22.7 Å². The van der Waals surface area contributed by atoms with Crippen LogP contribution in [0.5, 0.6) is 0 Å². The summed E-state index contributed by atoms with van der Waals surface area (Å²) in [4.78, 5) is 19.0. The number of esters is 1. The van der Waals surface area contributed by atoms with Crippen molar-refractivity contribution in [2.45, 2.75) is 38.8 Å². The molecule has 1 unspecified atom stereocenters. The molecular weight excluding hydrogens is 266 g/mol. The van der Waals surface area contributed by atoms with Crippen LogP contribution < -0.4 is 0 Å². The Morgan fingerprint density at radius 2 is 2.24 bits per heavy atom. The van der Waals surface area contributed by atoms with Crippen molar-refractivity contribution in [3.8, 4) is 0 Å². The van der Waals surface area contributed by atoms with E-state index in [4.69, 9.17) is 9.72 Å². The van der Waals surface area contributed by atoms with Crippen molar-refractivity contribution in [1.82, 2.24) is 14.3 Å². The zero-order chi connectivity index (χ0) is 15.0. The summed E-state index contributed by atoms with van der Waals surface area (Å²) in [6, 6.07) is 6.37. The Balaban J connectivity index is 2.03. The van der Waals surface area contributed by atoms with Crippen LogP contribution in [0.4, 0.5) is 0 Å². The quantitative estimate of drug-likeness (QED) is 0.814. The number of ether oxygens (including phenoxy) is 1. The third-order valence-electron chi connectivity index (χ3n) is 4.20. The fourth-order valence-electron chi connectivity index (χ4n) is 3.19. The fraction of sp³-hybridized carbons (Fsp3) is 0.500. The number of carbonyl (C=O) groups is 1. The summed E-state index contributed by atoms with van der Waals surface area (Å²) >= 11 is 0. The molecule has 0 aliphatic carbocycles. The topological polar surface area (TPSA) is 46.8 Å². The molecule has 112 valence electrons. The number of pyridine rings is 1. The van der Waals surface area contributed by atoms with Crippen LogP contribution in [0.2, 0.25) is 0 Å². The highest BCUT2D eigenvalue weighted by atomic mass is 16.5. The van der Waals surface area contributed by atoms with Crippen LogP contribution in [-0.4, -0.2) is 40.0 Å². The van der Waals surface area contributed by atoms with Gasteiger partial charge in [-0.3, -0.25) is 9.30 Å². The van der Waals surface area contributed by atoms with Gasteiger partial charge in [0.25, 0.3) is 0 Å². The Bertz CT molecular complexity index is 663. The maximum Gasteiger partial charge on any atom is 0.355 e. The van der Waals surface area contributed by atoms with Crippen molar-refractivity contribution in [1.29, 1.82) is 0 Å². The lowest BCUT2D eigenvalue weighted by Gasteiger charge is -2.26. The molecule has 3 heterocycles. The summed E-state index contributed by atoms with van der Waals surface area (Å²) in [5.74, 6) is -0.336. The molecule has 1 atom stereocenters. The normalized spacial score (nSPS) is 19.5. The monoisotopic (exact) mass is 287 g/mol. The van der Waals surface area contributed by atoms with Crippen molar-refractivity contribution in [2.75, 3.05) is 13.7 Å². The summed E-state index contributed by atoms with van der Waals surface area (Å²) < 4.78 is 6.67. The third-order valence-corrected chi connectivity index (χ3v) is 4.20. The molecule has 2 aromatic rings. The molecule has 1 fully saturated rings. The highest BCUT2D eigenvalue weighted by Crippen LogP contribution is 2.33. The average molecular weight is 287 g/mol. The molecule has 0 spiro atoms. The molecule has 1 aliphatic heterocycles. The van der Waals surface area contributed by atoms with E-state index < -0.39 is 0 Å². The maximum atomic E-state index is 11.8. The largest absolute Gasteiger partial charge is 0.464 e. The number of carbonyl (C=O) groups excluding carboxylic acids is 1. The van der Waals surface area contributed by atoms with E-state index in [0.29, 0.717) is 17.8 Å². The zero-order valence-electron chi connectivity index (χ0n) is 12.7. The van der Waals surface area contributed by atoms with E-state index in [1.165, 1.54) is 13.5 Å². The summed E-state index contributed by atoms with van der Waals surface area (Å²) in [5.41, 5.74) is 2.35. The van der Waals surface area contributed by atoms with Crippen LogP contribution in [0, 0.1) is 0 Å². The predicted octanol–water partition coefficient (Wildman–Crippen LogP) is 2.67. The van der Waals surface area contributed by atoms with E-state index in [9.17, 15) is 4.79 Å². The highest BCUT2D eigenvalue weighted by Gasteiger charge is 2.30. The van der Waals surface area contributed by atoms with Gasteiger partial charge >= 0.3 is 5.97 Å². The molecule has 0 aromatic carbocycles. The van der Waals surface area contributed by atoms with Crippen LogP contribution in [-0.2, 0) is 4.74 Å². The molecule has 0 N–H and O–H groups in total. The van der Waals surface area contributed by atoms with E-state index in [2.05, 4.69) is 18.7 Å². The maximum absolute atomic E-state index is 11.8. The van der Waals surface area contributed by atoms with Crippen molar-refractivity contribution in [3.05, 3.63) is 35.8 Å². The zero-order valence-corrected chi connectivity index (χ0v) is 12.7. The van der Waals surface area contributed by atoms with Gasteiger partial charge in [-0.25, -0.2) is 9.78 Å². The van der Waals surface area contributed by atoms with Gasteiger partial charge in [0.15, 0.2) is 0 Å². The van der Waals surface area contributed by atoms with E-state index in [-0.39, 0.29) is 5.97 Å². The number of methoxy groups -OCH3 is 1. The van der Waals surface area contributed by atoms with Crippen molar-refractivity contribution in [3.63, 3.8) is 0 Å². The highest BCUT2D eigenvalue weighted by molar-refractivity contribution is 5.88. The number of fused-ring (bicyclic) bond motifs is 1. The van der Waals surface area contributed by atoms with E-state index >= 15 is 0 Å². The van der Waals surface area contributed by atoms with E-state index in [0.717, 1.165) is 24.3 Å². The van der Waals surface area contributed by atoms with Crippen molar-refractivity contribution >= 4 is 11.6 Å². The van der Waals surface area contributed by atoms with Gasteiger partial charge < -0.3 is 4.74 Å². The number of hydrogen-bond donors (Lipinski definition) is 0.